The van der Waals surface area contributed by atoms with Gasteiger partial charge in [0.1, 0.15) is 5.01 Å². The lowest BCUT2D eigenvalue weighted by molar-refractivity contribution is 0.0600. The van der Waals surface area contributed by atoms with Crippen LogP contribution in [0.2, 0.25) is 0 Å². The molecule has 0 saturated heterocycles. The second-order valence-corrected chi connectivity index (χ2v) is 6.04. The molecule has 0 spiro atoms. The molecule has 2 aromatic rings. The van der Waals surface area contributed by atoms with Gasteiger partial charge in [0.2, 0.25) is 0 Å². The number of carbonyl (C=O) groups is 1. The van der Waals surface area contributed by atoms with E-state index in [-0.39, 0.29) is 5.97 Å². The number of carbonyl (C=O) groups excluding carboxylic acids is 1. The Bertz CT molecular complexity index is 578. The quantitative estimate of drug-likeness (QED) is 0.794. The highest BCUT2D eigenvalue weighted by molar-refractivity contribution is 7.11. The summed E-state index contributed by atoms with van der Waals surface area (Å²) in [5.74, 6) is -0.303. The first-order valence-electron chi connectivity index (χ1n) is 6.35. The minimum atomic E-state index is -0.303. The Morgan fingerprint density at radius 1 is 1.30 bits per heavy atom. The summed E-state index contributed by atoms with van der Waals surface area (Å²) in [5.41, 5.74) is 1.74. The lowest BCUT2D eigenvalue weighted by atomic mass is 10.1. The van der Waals surface area contributed by atoms with Crippen LogP contribution in [0, 0.1) is 6.92 Å². The predicted octanol–water partition coefficient (Wildman–Crippen LogP) is 2.87. The van der Waals surface area contributed by atoms with Gasteiger partial charge in [-0.25, -0.2) is 9.78 Å². The van der Waals surface area contributed by atoms with Crippen LogP contribution >= 0.6 is 11.3 Å². The highest BCUT2D eigenvalue weighted by atomic mass is 32.1. The second-order valence-electron chi connectivity index (χ2n) is 4.73. The van der Waals surface area contributed by atoms with Crippen molar-refractivity contribution in [3.05, 3.63) is 51.5 Å². The molecule has 20 heavy (non-hydrogen) atoms. The van der Waals surface area contributed by atoms with Gasteiger partial charge < -0.3 is 4.74 Å². The topological polar surface area (TPSA) is 42.4 Å². The Morgan fingerprint density at radius 2 is 2.00 bits per heavy atom. The minimum absolute atomic E-state index is 0.303. The lowest BCUT2D eigenvalue weighted by Gasteiger charge is -2.15. The molecule has 2 rings (SSSR count). The number of rotatable bonds is 5. The van der Waals surface area contributed by atoms with Gasteiger partial charge in [-0.05, 0) is 31.7 Å². The molecule has 0 aliphatic heterocycles. The predicted molar refractivity (Wildman–Crippen MR) is 79.8 cm³/mol. The maximum absolute atomic E-state index is 11.4. The highest BCUT2D eigenvalue weighted by Crippen LogP contribution is 2.14. The molecule has 0 aliphatic rings. The van der Waals surface area contributed by atoms with Crippen molar-refractivity contribution in [2.75, 3.05) is 14.2 Å². The SMILES string of the molecule is COC(=O)c1ccc(CN(C)Cc2ncc(C)s2)cc1. The van der Waals surface area contributed by atoms with E-state index >= 15 is 0 Å². The van der Waals surface area contributed by atoms with Gasteiger partial charge in [0.15, 0.2) is 0 Å². The van der Waals surface area contributed by atoms with E-state index < -0.39 is 0 Å². The number of hydrogen-bond acceptors (Lipinski definition) is 5. The molecule has 0 unspecified atom stereocenters. The van der Waals surface area contributed by atoms with Gasteiger partial charge >= 0.3 is 5.97 Å². The van der Waals surface area contributed by atoms with E-state index in [1.807, 2.05) is 18.3 Å². The molecular formula is C15H18N2O2S. The zero-order chi connectivity index (χ0) is 14.5. The van der Waals surface area contributed by atoms with Crippen molar-refractivity contribution >= 4 is 17.3 Å². The van der Waals surface area contributed by atoms with E-state index in [1.165, 1.54) is 12.0 Å². The van der Waals surface area contributed by atoms with Gasteiger partial charge in [0, 0.05) is 17.6 Å². The van der Waals surface area contributed by atoms with Crippen LogP contribution in [0.25, 0.3) is 0 Å². The number of thiazole rings is 1. The van der Waals surface area contributed by atoms with Crippen LogP contribution < -0.4 is 0 Å². The molecule has 5 heteroatoms. The zero-order valence-electron chi connectivity index (χ0n) is 11.9. The molecule has 0 radical (unpaired) electrons. The summed E-state index contributed by atoms with van der Waals surface area (Å²) in [6.07, 6.45) is 1.90. The first kappa shape index (κ1) is 14.7. The smallest absolute Gasteiger partial charge is 0.337 e. The van der Waals surface area contributed by atoms with Crippen LogP contribution in [0.4, 0.5) is 0 Å². The summed E-state index contributed by atoms with van der Waals surface area (Å²) in [5, 5.41) is 1.12. The Kier molecular flexibility index (Phi) is 4.87. The molecule has 1 heterocycles. The summed E-state index contributed by atoms with van der Waals surface area (Å²) >= 11 is 1.72. The monoisotopic (exact) mass is 290 g/mol. The molecular weight excluding hydrogens is 272 g/mol. The van der Waals surface area contributed by atoms with Crippen molar-refractivity contribution in [2.24, 2.45) is 0 Å². The molecule has 0 aliphatic carbocycles. The molecule has 0 saturated carbocycles. The van der Waals surface area contributed by atoms with Crippen LogP contribution in [0.1, 0.15) is 25.8 Å². The van der Waals surface area contributed by atoms with Gasteiger partial charge in [-0.2, -0.15) is 0 Å². The number of aromatic nitrogens is 1. The van der Waals surface area contributed by atoms with Crippen molar-refractivity contribution < 1.29 is 9.53 Å². The van der Waals surface area contributed by atoms with E-state index in [0.29, 0.717) is 5.56 Å². The fourth-order valence-electron chi connectivity index (χ4n) is 1.94. The third-order valence-corrected chi connectivity index (χ3v) is 3.80. The molecule has 0 amide bonds. The third-order valence-electron chi connectivity index (χ3n) is 2.90. The summed E-state index contributed by atoms with van der Waals surface area (Å²) < 4.78 is 4.68. The minimum Gasteiger partial charge on any atom is -0.465 e. The van der Waals surface area contributed by atoms with Crippen LogP contribution in [0.3, 0.4) is 0 Å². The fourth-order valence-corrected chi connectivity index (χ4v) is 2.80. The Morgan fingerprint density at radius 3 is 2.55 bits per heavy atom. The first-order valence-corrected chi connectivity index (χ1v) is 7.17. The molecule has 0 N–H and O–H groups in total. The number of ether oxygens (including phenoxy) is 1. The van der Waals surface area contributed by atoms with Crippen molar-refractivity contribution in [1.29, 1.82) is 0 Å². The second kappa shape index (κ2) is 6.63. The lowest BCUT2D eigenvalue weighted by Crippen LogP contribution is -2.17. The van der Waals surface area contributed by atoms with Gasteiger partial charge in [0.05, 0.1) is 19.2 Å². The van der Waals surface area contributed by atoms with Crippen molar-refractivity contribution in [3.8, 4) is 0 Å². The third kappa shape index (κ3) is 3.88. The average Bonchev–Trinajstić information content (AvgIpc) is 2.84. The van der Waals surface area contributed by atoms with Crippen LogP contribution in [-0.2, 0) is 17.8 Å². The first-order chi connectivity index (χ1) is 9.58. The van der Waals surface area contributed by atoms with Crippen molar-refractivity contribution in [1.82, 2.24) is 9.88 Å². The molecule has 0 fully saturated rings. The number of nitrogens with zero attached hydrogens (tertiary/aromatic N) is 2. The molecule has 1 aromatic heterocycles. The normalized spacial score (nSPS) is 10.8. The number of esters is 1. The summed E-state index contributed by atoms with van der Waals surface area (Å²) in [4.78, 5) is 19.1. The Labute approximate surface area is 123 Å². The molecule has 4 nitrogen and oxygen atoms in total. The van der Waals surface area contributed by atoms with E-state index in [9.17, 15) is 4.79 Å². The van der Waals surface area contributed by atoms with Gasteiger partial charge in [-0.1, -0.05) is 12.1 Å². The molecule has 0 bridgehead atoms. The average molecular weight is 290 g/mol. The maximum Gasteiger partial charge on any atom is 0.337 e. The highest BCUT2D eigenvalue weighted by Gasteiger charge is 2.07. The van der Waals surface area contributed by atoms with E-state index in [2.05, 4.69) is 28.6 Å². The van der Waals surface area contributed by atoms with E-state index in [1.54, 1.807) is 23.5 Å². The standard InChI is InChI=1S/C15H18N2O2S/c1-11-8-16-14(20-11)10-17(2)9-12-4-6-13(7-5-12)15(18)19-3/h4-8H,9-10H2,1-3H3. The summed E-state index contributed by atoms with van der Waals surface area (Å²) in [6, 6.07) is 7.50. The van der Waals surface area contributed by atoms with Crippen molar-refractivity contribution in [2.45, 2.75) is 20.0 Å². The molecule has 106 valence electrons. The molecule has 1 aromatic carbocycles. The molecule has 0 atom stereocenters. The van der Waals surface area contributed by atoms with Crippen LogP contribution in [0.5, 0.6) is 0 Å². The summed E-state index contributed by atoms with van der Waals surface area (Å²) in [6.45, 7) is 3.71. The number of benzene rings is 1. The Hall–Kier alpha value is -1.72. The number of methoxy groups -OCH3 is 1. The maximum atomic E-state index is 11.4. The van der Waals surface area contributed by atoms with Crippen molar-refractivity contribution in [3.63, 3.8) is 0 Å². The zero-order valence-corrected chi connectivity index (χ0v) is 12.7. The van der Waals surface area contributed by atoms with E-state index in [0.717, 1.165) is 23.7 Å². The van der Waals surface area contributed by atoms with Crippen LogP contribution in [-0.4, -0.2) is 30.0 Å². The van der Waals surface area contributed by atoms with Gasteiger partial charge in [0.25, 0.3) is 0 Å². The number of hydrogen-bond donors (Lipinski definition) is 0. The van der Waals surface area contributed by atoms with E-state index in [4.69, 9.17) is 0 Å². The van der Waals surface area contributed by atoms with Crippen LogP contribution in [0.15, 0.2) is 30.5 Å². The fraction of sp³-hybridized carbons (Fsp3) is 0.333. The van der Waals surface area contributed by atoms with Gasteiger partial charge in [-0.15, -0.1) is 11.3 Å². The largest absolute Gasteiger partial charge is 0.465 e. The van der Waals surface area contributed by atoms with Gasteiger partial charge in [-0.3, -0.25) is 4.90 Å². The Balaban J connectivity index is 1.94. The summed E-state index contributed by atoms with van der Waals surface area (Å²) in [7, 11) is 3.45. The number of aryl methyl sites for hydroxylation is 1.